The third-order valence-corrected chi connectivity index (χ3v) is 10.8. The van der Waals surface area contributed by atoms with Crippen LogP contribution < -0.4 is 0 Å². The van der Waals surface area contributed by atoms with Crippen molar-refractivity contribution in [3.63, 3.8) is 0 Å². The number of rotatable bonds is 15. The van der Waals surface area contributed by atoms with Crippen LogP contribution >= 0.6 is 19.2 Å². The fourth-order valence-electron chi connectivity index (χ4n) is 6.36. The number of carbonyl (C=O) groups excluding carboxylic acids is 2. The summed E-state index contributed by atoms with van der Waals surface area (Å²) >= 11 is 6.48. The van der Waals surface area contributed by atoms with E-state index in [0.29, 0.717) is 28.9 Å². The van der Waals surface area contributed by atoms with Crippen LogP contribution in [0.3, 0.4) is 0 Å². The van der Waals surface area contributed by atoms with E-state index in [4.69, 9.17) is 39.6 Å². The van der Waals surface area contributed by atoms with E-state index in [9.17, 15) is 29.6 Å². The first-order valence-electron chi connectivity index (χ1n) is 16.7. The molecule has 1 saturated heterocycles. The van der Waals surface area contributed by atoms with Crippen molar-refractivity contribution < 1.29 is 52.4 Å². The van der Waals surface area contributed by atoms with Crippen molar-refractivity contribution >= 4 is 42.2 Å². The van der Waals surface area contributed by atoms with Gasteiger partial charge < -0.3 is 33.7 Å². The van der Waals surface area contributed by atoms with E-state index in [1.54, 1.807) is 53.2 Å². The molecule has 16 heteroatoms. The minimum atomic E-state index is -4.27. The summed E-state index contributed by atoms with van der Waals surface area (Å²) in [5.74, 6) is -1.06. The molecule has 2 N–H and O–H groups in total. The molecule has 2 aliphatic rings. The van der Waals surface area contributed by atoms with Gasteiger partial charge in [-0.25, -0.2) is 14.6 Å². The Hall–Kier alpha value is -4.16. The molecule has 1 aliphatic carbocycles. The second-order valence-electron chi connectivity index (χ2n) is 12.4. The molecule has 4 aromatic rings. The van der Waals surface area contributed by atoms with E-state index in [0.717, 1.165) is 31.2 Å². The Labute approximate surface area is 304 Å². The third-order valence-electron chi connectivity index (χ3n) is 9.04. The Balaban J connectivity index is 1.11. The van der Waals surface area contributed by atoms with Gasteiger partial charge in [0.15, 0.2) is 6.23 Å². The maximum absolute atomic E-state index is 13.7. The average molecular weight is 754 g/mol. The summed E-state index contributed by atoms with van der Waals surface area (Å²) in [5.41, 5.74) is 1.96. The van der Waals surface area contributed by atoms with Crippen LogP contribution in [0.4, 0.5) is 0 Å². The molecule has 0 radical (unpaired) electrons. The predicted molar refractivity (Wildman–Crippen MR) is 185 cm³/mol. The Morgan fingerprint density at radius 2 is 1.54 bits per heavy atom. The van der Waals surface area contributed by atoms with Crippen LogP contribution in [0.15, 0.2) is 72.9 Å². The minimum absolute atomic E-state index is 0.0375. The summed E-state index contributed by atoms with van der Waals surface area (Å²) in [6.45, 7) is -1.94. The standard InChI is InChI=1S/C36H37ClN3O11P/c37-32-28(18-38)27(17-23-9-7-8-10-23)26-15-16-40(33(26)39-32)34-31(42)30(41)29(51-34)19-46-22-52(45,49-20-47-35(43)24-11-3-1-4-12-24)50-21-48-36(44)25-13-5-2-6-14-25/h1-6,11-16,23,29-31,34,41-42H,7-10,17,19-22H2/t29-,30-,31-,34-/m1/s1. The molecule has 0 amide bonds. The molecule has 274 valence electrons. The SMILES string of the molecule is N#Cc1c(Cl)nc2c(ccn2[C@@H]2O[C@H](COCP(=O)(OCOC(=O)c3ccccc3)OCOC(=O)c3ccccc3)[C@@H](O)[C@H]2O)c1CC1CCCC1. The molecule has 2 fully saturated rings. The number of carbonyl (C=O) groups is 2. The number of hydrogen-bond donors (Lipinski definition) is 2. The molecule has 3 heterocycles. The molecule has 14 nitrogen and oxygen atoms in total. The van der Waals surface area contributed by atoms with Crippen LogP contribution in [0.5, 0.6) is 0 Å². The van der Waals surface area contributed by atoms with Crippen molar-refractivity contribution in [3.8, 4) is 6.07 Å². The third kappa shape index (κ3) is 8.71. The summed E-state index contributed by atoms with van der Waals surface area (Å²) in [4.78, 5) is 29.2. The van der Waals surface area contributed by atoms with Crippen LogP contribution in [-0.4, -0.2) is 76.6 Å². The van der Waals surface area contributed by atoms with Gasteiger partial charge in [-0.3, -0.25) is 13.6 Å². The number of halogens is 1. The summed E-state index contributed by atoms with van der Waals surface area (Å²) in [7, 11) is -4.27. The van der Waals surface area contributed by atoms with Gasteiger partial charge in [-0.1, -0.05) is 73.7 Å². The first-order valence-corrected chi connectivity index (χ1v) is 18.8. The van der Waals surface area contributed by atoms with Gasteiger partial charge in [-0.2, -0.15) is 5.26 Å². The van der Waals surface area contributed by atoms with Crippen molar-refractivity contribution in [3.05, 3.63) is 100 Å². The number of fused-ring (bicyclic) bond motifs is 1. The number of benzene rings is 2. The van der Waals surface area contributed by atoms with Gasteiger partial charge in [-0.05, 0) is 48.2 Å². The molecule has 1 saturated carbocycles. The van der Waals surface area contributed by atoms with Crippen molar-refractivity contribution in [1.82, 2.24) is 9.55 Å². The summed E-state index contributed by atoms with van der Waals surface area (Å²) < 4.78 is 47.6. The normalized spacial score (nSPS) is 20.6. The van der Waals surface area contributed by atoms with E-state index < -0.39 is 64.0 Å². The topological polar surface area (TPSA) is 189 Å². The van der Waals surface area contributed by atoms with Gasteiger partial charge in [-0.15, -0.1) is 0 Å². The van der Waals surface area contributed by atoms with Crippen LogP contribution in [0.2, 0.25) is 5.15 Å². The minimum Gasteiger partial charge on any atom is -0.434 e. The monoisotopic (exact) mass is 753 g/mol. The van der Waals surface area contributed by atoms with Gasteiger partial charge in [0.2, 0.25) is 13.6 Å². The van der Waals surface area contributed by atoms with Crippen LogP contribution in [0.1, 0.15) is 63.8 Å². The van der Waals surface area contributed by atoms with E-state index in [2.05, 4.69) is 11.1 Å². The number of aliphatic hydroxyl groups excluding tert-OH is 2. The van der Waals surface area contributed by atoms with E-state index in [1.165, 1.54) is 24.3 Å². The molecular formula is C36H37ClN3O11P. The average Bonchev–Trinajstić information content (AvgIpc) is 3.89. The van der Waals surface area contributed by atoms with Gasteiger partial charge in [0.05, 0.1) is 23.3 Å². The lowest BCUT2D eigenvalue weighted by Crippen LogP contribution is -2.34. The first-order chi connectivity index (χ1) is 25.2. The highest BCUT2D eigenvalue weighted by Crippen LogP contribution is 2.48. The summed E-state index contributed by atoms with van der Waals surface area (Å²) in [5, 5.41) is 32.6. The van der Waals surface area contributed by atoms with Gasteiger partial charge in [0, 0.05) is 11.6 Å². The number of esters is 2. The summed E-state index contributed by atoms with van der Waals surface area (Å²) in [6, 6.07) is 20.1. The quantitative estimate of drug-likeness (QED) is 0.0648. The molecule has 2 aromatic carbocycles. The predicted octanol–water partition coefficient (Wildman–Crippen LogP) is 5.74. The fraction of sp³-hybridized carbons (Fsp3) is 0.389. The van der Waals surface area contributed by atoms with Crippen molar-refractivity contribution in [2.45, 2.75) is 56.6 Å². The Kier molecular flexibility index (Phi) is 12.4. The molecule has 52 heavy (non-hydrogen) atoms. The van der Waals surface area contributed by atoms with Gasteiger partial charge >= 0.3 is 19.5 Å². The van der Waals surface area contributed by atoms with E-state index in [1.807, 2.05) is 0 Å². The Morgan fingerprint density at radius 1 is 0.942 bits per heavy atom. The van der Waals surface area contributed by atoms with Gasteiger partial charge in [0.1, 0.15) is 41.5 Å². The highest BCUT2D eigenvalue weighted by atomic mass is 35.5. The lowest BCUT2D eigenvalue weighted by atomic mass is 9.94. The van der Waals surface area contributed by atoms with E-state index in [-0.39, 0.29) is 22.9 Å². The van der Waals surface area contributed by atoms with Crippen molar-refractivity contribution in [2.24, 2.45) is 5.92 Å². The maximum Gasteiger partial charge on any atom is 0.361 e. The van der Waals surface area contributed by atoms with Gasteiger partial charge in [0.25, 0.3) is 0 Å². The molecule has 1 aliphatic heterocycles. The summed E-state index contributed by atoms with van der Waals surface area (Å²) in [6.07, 6.45) is 0.916. The largest absolute Gasteiger partial charge is 0.434 e. The number of ether oxygens (including phenoxy) is 4. The van der Waals surface area contributed by atoms with Crippen LogP contribution in [-0.2, 0) is 39.0 Å². The highest BCUT2D eigenvalue weighted by molar-refractivity contribution is 7.53. The number of aromatic nitrogens is 2. The number of nitrogens with zero attached hydrogens (tertiary/aromatic N) is 3. The smallest absolute Gasteiger partial charge is 0.361 e. The van der Waals surface area contributed by atoms with Crippen LogP contribution in [0, 0.1) is 17.2 Å². The first kappa shape index (κ1) is 37.6. The number of pyridine rings is 1. The lowest BCUT2D eigenvalue weighted by Gasteiger charge is -2.20. The second-order valence-corrected chi connectivity index (χ2v) is 14.8. The van der Waals surface area contributed by atoms with E-state index >= 15 is 0 Å². The molecule has 6 rings (SSSR count). The fourth-order valence-corrected chi connectivity index (χ4v) is 7.57. The Bertz CT molecular complexity index is 1890. The Morgan fingerprint density at radius 3 is 2.12 bits per heavy atom. The number of nitriles is 1. The number of aliphatic hydroxyl groups is 2. The molecule has 2 aromatic heterocycles. The molecule has 4 atom stereocenters. The molecule has 0 spiro atoms. The molecular weight excluding hydrogens is 717 g/mol. The molecule has 0 unspecified atom stereocenters. The second kappa shape index (κ2) is 17.1. The molecule has 0 bridgehead atoms. The zero-order valence-corrected chi connectivity index (χ0v) is 29.6. The lowest BCUT2D eigenvalue weighted by molar-refractivity contribution is -0.0637. The van der Waals surface area contributed by atoms with Crippen molar-refractivity contribution in [1.29, 1.82) is 5.26 Å². The highest BCUT2D eigenvalue weighted by Gasteiger charge is 2.45. The maximum atomic E-state index is 13.7. The number of hydrogen-bond acceptors (Lipinski definition) is 13. The zero-order chi connectivity index (χ0) is 36.7. The van der Waals surface area contributed by atoms with Crippen molar-refractivity contribution in [2.75, 3.05) is 26.5 Å². The van der Waals surface area contributed by atoms with Crippen LogP contribution in [0.25, 0.3) is 11.0 Å². The zero-order valence-electron chi connectivity index (χ0n) is 27.9.